The molecule has 1 saturated carbocycles. The molecule has 0 spiro atoms. The third-order valence-corrected chi connectivity index (χ3v) is 5.34. The molecule has 2 rings (SSSR count). The van der Waals surface area contributed by atoms with Crippen LogP contribution in [0.1, 0.15) is 25.3 Å². The molecular weight excluding hydrogens is 286 g/mol. The smallest absolute Gasteiger partial charge is 0.240 e. The van der Waals surface area contributed by atoms with E-state index in [1.54, 1.807) is 24.3 Å². The Morgan fingerprint density at radius 2 is 2.00 bits per heavy atom. The highest BCUT2D eigenvalue weighted by molar-refractivity contribution is 7.89. The number of sulfonamides is 1. The third-order valence-electron chi connectivity index (χ3n) is 3.90. The van der Waals surface area contributed by atoms with Gasteiger partial charge in [-0.15, -0.1) is 0 Å². The fourth-order valence-corrected chi connectivity index (χ4v) is 3.30. The van der Waals surface area contributed by atoms with Crippen molar-refractivity contribution in [1.82, 2.24) is 9.62 Å². The lowest BCUT2D eigenvalue weighted by Gasteiger charge is -2.24. The van der Waals surface area contributed by atoms with Crippen LogP contribution in [-0.4, -0.2) is 39.0 Å². The second-order valence-corrected chi connectivity index (χ2v) is 7.34. The van der Waals surface area contributed by atoms with Crippen LogP contribution in [0.25, 0.3) is 0 Å². The second-order valence-electron chi connectivity index (χ2n) is 5.58. The molecule has 6 heteroatoms. The summed E-state index contributed by atoms with van der Waals surface area (Å²) in [5, 5.41) is 8.61. The fraction of sp³-hybridized carbons (Fsp3) is 0.533. The maximum Gasteiger partial charge on any atom is 0.240 e. The molecule has 1 N–H and O–H groups in total. The van der Waals surface area contributed by atoms with E-state index in [4.69, 9.17) is 5.26 Å². The van der Waals surface area contributed by atoms with Gasteiger partial charge < -0.3 is 0 Å². The maximum absolute atomic E-state index is 12.2. The van der Waals surface area contributed by atoms with Crippen LogP contribution in [0.5, 0.6) is 0 Å². The molecule has 1 aromatic carbocycles. The minimum Gasteiger partial charge on any atom is -0.299 e. The van der Waals surface area contributed by atoms with Crippen molar-refractivity contribution in [2.45, 2.75) is 43.2 Å². The highest BCUT2D eigenvalue weighted by Crippen LogP contribution is 2.26. The summed E-state index contributed by atoms with van der Waals surface area (Å²) < 4.78 is 27.1. The average molecular weight is 307 g/mol. The van der Waals surface area contributed by atoms with E-state index in [0.717, 1.165) is 5.56 Å². The van der Waals surface area contributed by atoms with Gasteiger partial charge in [0.15, 0.2) is 0 Å². The van der Waals surface area contributed by atoms with Crippen molar-refractivity contribution in [1.29, 1.82) is 5.26 Å². The van der Waals surface area contributed by atoms with Crippen molar-refractivity contribution >= 4 is 10.0 Å². The van der Waals surface area contributed by atoms with E-state index in [9.17, 15) is 8.42 Å². The first-order valence-electron chi connectivity index (χ1n) is 7.11. The van der Waals surface area contributed by atoms with Crippen LogP contribution in [0, 0.1) is 11.3 Å². The minimum absolute atomic E-state index is 0.171. The van der Waals surface area contributed by atoms with E-state index in [1.165, 1.54) is 12.8 Å². The molecule has 21 heavy (non-hydrogen) atoms. The standard InChI is InChI=1S/C15H21N3O2S/c1-12(18(2)14-5-6-14)11-17-21(19,20)15-7-3-13(4-8-15)9-10-16/h3-4,7-8,12,14,17H,5-6,9,11H2,1-2H3. The van der Waals surface area contributed by atoms with E-state index in [2.05, 4.69) is 9.62 Å². The zero-order valence-electron chi connectivity index (χ0n) is 12.4. The Bertz CT molecular complexity index is 615. The summed E-state index contributed by atoms with van der Waals surface area (Å²) in [5.41, 5.74) is 0.818. The lowest BCUT2D eigenvalue weighted by Crippen LogP contribution is -2.41. The molecule has 1 aliphatic carbocycles. The summed E-state index contributed by atoms with van der Waals surface area (Å²) in [7, 11) is -1.45. The zero-order valence-corrected chi connectivity index (χ0v) is 13.2. The van der Waals surface area contributed by atoms with Gasteiger partial charge >= 0.3 is 0 Å². The van der Waals surface area contributed by atoms with Crippen molar-refractivity contribution in [2.75, 3.05) is 13.6 Å². The third kappa shape index (κ3) is 4.27. The summed E-state index contributed by atoms with van der Waals surface area (Å²) in [6, 6.07) is 9.27. The van der Waals surface area contributed by atoms with Crippen LogP contribution in [0.4, 0.5) is 0 Å². The highest BCUT2D eigenvalue weighted by Gasteiger charge is 2.29. The van der Waals surface area contributed by atoms with E-state index < -0.39 is 10.0 Å². The SMILES string of the molecule is CC(CNS(=O)(=O)c1ccc(CC#N)cc1)N(C)C1CC1. The molecule has 0 saturated heterocycles. The molecular formula is C15H21N3O2S. The zero-order chi connectivity index (χ0) is 15.5. The van der Waals surface area contributed by atoms with Gasteiger partial charge in [-0.05, 0) is 44.5 Å². The molecule has 5 nitrogen and oxygen atoms in total. The molecule has 114 valence electrons. The number of nitrogens with one attached hydrogen (secondary N) is 1. The van der Waals surface area contributed by atoms with Gasteiger partial charge in [-0.3, -0.25) is 4.90 Å². The summed E-state index contributed by atoms with van der Waals surface area (Å²) in [6.07, 6.45) is 2.69. The topological polar surface area (TPSA) is 73.2 Å². The van der Waals surface area contributed by atoms with Gasteiger partial charge in [0.2, 0.25) is 10.0 Å². The van der Waals surface area contributed by atoms with Gasteiger partial charge in [-0.1, -0.05) is 12.1 Å². The quantitative estimate of drug-likeness (QED) is 0.829. The lowest BCUT2D eigenvalue weighted by molar-refractivity contribution is 0.248. The summed E-state index contributed by atoms with van der Waals surface area (Å²) >= 11 is 0. The summed E-state index contributed by atoms with van der Waals surface area (Å²) in [6.45, 7) is 2.42. The first-order valence-corrected chi connectivity index (χ1v) is 8.60. The second kappa shape index (κ2) is 6.56. The van der Waals surface area contributed by atoms with Crippen molar-refractivity contribution < 1.29 is 8.42 Å². The predicted molar refractivity (Wildman–Crippen MR) is 81.2 cm³/mol. The van der Waals surface area contributed by atoms with Crippen molar-refractivity contribution in [3.8, 4) is 6.07 Å². The molecule has 1 atom stereocenters. The Morgan fingerprint density at radius 1 is 1.38 bits per heavy atom. The predicted octanol–water partition coefficient (Wildman–Crippen LogP) is 1.51. The number of benzene rings is 1. The highest BCUT2D eigenvalue weighted by atomic mass is 32.2. The molecule has 0 amide bonds. The normalized spacial score (nSPS) is 16.7. The largest absolute Gasteiger partial charge is 0.299 e. The molecule has 0 heterocycles. The van der Waals surface area contributed by atoms with Crippen LogP contribution < -0.4 is 4.72 Å². The van der Waals surface area contributed by atoms with Crippen LogP contribution in [-0.2, 0) is 16.4 Å². The summed E-state index contributed by atoms with van der Waals surface area (Å²) in [4.78, 5) is 2.46. The number of hydrogen-bond donors (Lipinski definition) is 1. The Hall–Kier alpha value is -1.42. The Labute approximate surface area is 126 Å². The van der Waals surface area contributed by atoms with E-state index in [0.29, 0.717) is 12.6 Å². The molecule has 0 aliphatic heterocycles. The fourth-order valence-electron chi connectivity index (χ4n) is 2.18. The Balaban J connectivity index is 1.96. The van der Waals surface area contributed by atoms with Crippen molar-refractivity contribution in [2.24, 2.45) is 0 Å². The van der Waals surface area contributed by atoms with Crippen LogP contribution in [0.2, 0.25) is 0 Å². The minimum atomic E-state index is -3.49. The molecule has 1 fully saturated rings. The molecule has 0 aromatic heterocycles. The van der Waals surface area contributed by atoms with Gasteiger partial charge in [-0.25, -0.2) is 13.1 Å². The number of rotatable bonds is 7. The molecule has 0 bridgehead atoms. The first-order chi connectivity index (χ1) is 9.94. The van der Waals surface area contributed by atoms with E-state index >= 15 is 0 Å². The van der Waals surface area contributed by atoms with Gasteiger partial charge in [0.1, 0.15) is 0 Å². The Morgan fingerprint density at radius 3 is 2.52 bits per heavy atom. The number of nitrogens with zero attached hydrogens (tertiary/aromatic N) is 2. The molecule has 0 radical (unpaired) electrons. The monoisotopic (exact) mass is 307 g/mol. The maximum atomic E-state index is 12.2. The molecule has 1 aromatic rings. The molecule has 1 aliphatic rings. The van der Waals surface area contributed by atoms with Crippen LogP contribution in [0.15, 0.2) is 29.2 Å². The average Bonchev–Trinajstić information content (AvgIpc) is 3.29. The number of nitriles is 1. The lowest BCUT2D eigenvalue weighted by atomic mass is 10.2. The van der Waals surface area contributed by atoms with Gasteiger partial charge in [-0.2, -0.15) is 5.26 Å². The van der Waals surface area contributed by atoms with E-state index in [1.807, 2.05) is 20.0 Å². The van der Waals surface area contributed by atoms with Crippen molar-refractivity contribution in [3.63, 3.8) is 0 Å². The first kappa shape index (κ1) is 16.0. The Kier molecular flexibility index (Phi) is 4.99. The van der Waals surface area contributed by atoms with Crippen LogP contribution >= 0.6 is 0 Å². The summed E-state index contributed by atoms with van der Waals surface area (Å²) in [5.74, 6) is 0. The number of hydrogen-bond acceptors (Lipinski definition) is 4. The van der Waals surface area contributed by atoms with Gasteiger partial charge in [0.05, 0.1) is 17.4 Å². The van der Waals surface area contributed by atoms with Crippen molar-refractivity contribution in [3.05, 3.63) is 29.8 Å². The van der Waals surface area contributed by atoms with Crippen LogP contribution in [0.3, 0.4) is 0 Å². The van der Waals surface area contributed by atoms with Gasteiger partial charge in [0, 0.05) is 18.6 Å². The van der Waals surface area contributed by atoms with Gasteiger partial charge in [0.25, 0.3) is 0 Å². The number of likely N-dealkylation sites (N-methyl/N-ethyl adjacent to an activating group) is 1. The molecule has 1 unspecified atom stereocenters. The van der Waals surface area contributed by atoms with E-state index in [-0.39, 0.29) is 17.4 Å².